The molecule has 0 spiro atoms. The van der Waals surface area contributed by atoms with Crippen LogP contribution in [0.4, 0.5) is 0 Å². The molecule has 1 N–H and O–H groups in total. The summed E-state index contributed by atoms with van der Waals surface area (Å²) in [7, 11) is 0. The van der Waals surface area contributed by atoms with Gasteiger partial charge in [-0.05, 0) is 37.9 Å². The van der Waals surface area contributed by atoms with Gasteiger partial charge in [-0.1, -0.05) is 20.3 Å². The Morgan fingerprint density at radius 2 is 2.22 bits per heavy atom. The maximum Gasteiger partial charge on any atom is 0.238 e. The molecule has 1 saturated heterocycles. The van der Waals surface area contributed by atoms with E-state index in [1.54, 1.807) is 0 Å². The first-order valence-corrected chi connectivity index (χ1v) is 8.48. The van der Waals surface area contributed by atoms with Gasteiger partial charge in [0.2, 0.25) is 5.91 Å². The van der Waals surface area contributed by atoms with E-state index in [0.717, 1.165) is 11.7 Å². The summed E-state index contributed by atoms with van der Waals surface area (Å²) < 4.78 is 0. The molecular formula is C14H26N2OS. The maximum atomic E-state index is 12.1. The highest BCUT2D eigenvalue weighted by molar-refractivity contribution is 7.99. The zero-order chi connectivity index (χ0) is 13.1. The molecule has 2 rings (SSSR count). The van der Waals surface area contributed by atoms with Crippen molar-refractivity contribution >= 4 is 17.7 Å². The van der Waals surface area contributed by atoms with Crippen LogP contribution in [0.3, 0.4) is 0 Å². The van der Waals surface area contributed by atoms with E-state index >= 15 is 0 Å². The Labute approximate surface area is 115 Å². The van der Waals surface area contributed by atoms with E-state index in [1.807, 2.05) is 11.8 Å². The number of rotatable bonds is 4. The third-order valence-electron chi connectivity index (χ3n) is 4.13. The molecule has 2 fully saturated rings. The molecule has 1 aliphatic carbocycles. The third kappa shape index (κ3) is 3.21. The van der Waals surface area contributed by atoms with Crippen LogP contribution in [0.25, 0.3) is 0 Å². The van der Waals surface area contributed by atoms with E-state index in [0.29, 0.717) is 24.4 Å². The number of nitrogens with zero attached hydrogens (tertiary/aromatic N) is 1. The smallest absolute Gasteiger partial charge is 0.238 e. The first-order chi connectivity index (χ1) is 8.61. The second-order valence-electron chi connectivity index (χ2n) is 6.01. The zero-order valence-corrected chi connectivity index (χ0v) is 12.6. The lowest BCUT2D eigenvalue weighted by Crippen LogP contribution is -2.47. The Bertz CT molecular complexity index is 296. The van der Waals surface area contributed by atoms with Crippen LogP contribution in [-0.4, -0.2) is 41.1 Å². The standard InChI is InChI=1S/C14H26N2OS/c1-10(2)7-13-15-9-14(17)16(13)11-5-4-6-12(8-11)18-3/h10-13,15H,4-9H2,1-3H3. The maximum absolute atomic E-state index is 12.1. The number of thioether (sulfide) groups is 1. The quantitative estimate of drug-likeness (QED) is 0.852. The minimum absolute atomic E-state index is 0.281. The predicted octanol–water partition coefficient (Wildman–Crippen LogP) is 2.46. The summed E-state index contributed by atoms with van der Waals surface area (Å²) in [4.78, 5) is 14.3. The van der Waals surface area contributed by atoms with Crippen molar-refractivity contribution in [2.45, 2.75) is 63.4 Å². The van der Waals surface area contributed by atoms with E-state index in [9.17, 15) is 4.79 Å². The molecule has 0 aromatic heterocycles. The summed E-state index contributed by atoms with van der Waals surface area (Å²) in [6.07, 6.45) is 8.52. The van der Waals surface area contributed by atoms with Gasteiger partial charge in [-0.15, -0.1) is 0 Å². The van der Waals surface area contributed by atoms with Crippen LogP contribution in [0.15, 0.2) is 0 Å². The fraction of sp³-hybridized carbons (Fsp3) is 0.929. The van der Waals surface area contributed by atoms with Crippen molar-refractivity contribution in [1.82, 2.24) is 10.2 Å². The molecule has 0 radical (unpaired) electrons. The third-order valence-corrected chi connectivity index (χ3v) is 5.23. The molecule has 1 heterocycles. The van der Waals surface area contributed by atoms with Crippen LogP contribution in [0.5, 0.6) is 0 Å². The SMILES string of the molecule is CSC1CCCC(N2C(=O)CNC2CC(C)C)C1. The van der Waals surface area contributed by atoms with Crippen molar-refractivity contribution in [3.05, 3.63) is 0 Å². The van der Waals surface area contributed by atoms with Gasteiger partial charge in [0, 0.05) is 11.3 Å². The van der Waals surface area contributed by atoms with Crippen LogP contribution in [0.2, 0.25) is 0 Å². The van der Waals surface area contributed by atoms with Gasteiger partial charge < -0.3 is 4.90 Å². The lowest BCUT2D eigenvalue weighted by Gasteiger charge is -2.38. The molecule has 3 unspecified atom stereocenters. The van der Waals surface area contributed by atoms with Gasteiger partial charge in [-0.3, -0.25) is 10.1 Å². The van der Waals surface area contributed by atoms with Gasteiger partial charge in [0.15, 0.2) is 0 Å². The lowest BCUT2D eigenvalue weighted by molar-refractivity contribution is -0.131. The Kier molecular flexibility index (Phi) is 4.96. The van der Waals surface area contributed by atoms with Gasteiger partial charge in [-0.25, -0.2) is 0 Å². The molecule has 1 amide bonds. The molecule has 4 heteroatoms. The average Bonchev–Trinajstić information content (AvgIpc) is 2.70. The molecule has 18 heavy (non-hydrogen) atoms. The lowest BCUT2D eigenvalue weighted by atomic mass is 9.93. The molecule has 1 saturated carbocycles. The van der Waals surface area contributed by atoms with E-state index in [1.165, 1.54) is 25.7 Å². The molecule has 3 atom stereocenters. The van der Waals surface area contributed by atoms with Gasteiger partial charge in [-0.2, -0.15) is 11.8 Å². The predicted molar refractivity (Wildman–Crippen MR) is 77.7 cm³/mol. The number of amides is 1. The second kappa shape index (κ2) is 6.29. The van der Waals surface area contributed by atoms with Crippen LogP contribution in [0, 0.1) is 5.92 Å². The Morgan fingerprint density at radius 1 is 1.44 bits per heavy atom. The van der Waals surface area contributed by atoms with Crippen LogP contribution in [-0.2, 0) is 4.79 Å². The largest absolute Gasteiger partial charge is 0.323 e. The molecule has 1 aliphatic heterocycles. The summed E-state index contributed by atoms with van der Waals surface area (Å²) in [5.41, 5.74) is 0. The Morgan fingerprint density at radius 3 is 2.89 bits per heavy atom. The van der Waals surface area contributed by atoms with Gasteiger partial charge in [0.25, 0.3) is 0 Å². The second-order valence-corrected chi connectivity index (χ2v) is 7.14. The molecule has 2 aliphatic rings. The molecule has 0 aromatic rings. The van der Waals surface area contributed by atoms with E-state index in [2.05, 4.69) is 30.3 Å². The average molecular weight is 270 g/mol. The normalized spacial score (nSPS) is 33.4. The fourth-order valence-corrected chi connectivity index (χ4v) is 4.07. The van der Waals surface area contributed by atoms with Crippen molar-refractivity contribution in [3.63, 3.8) is 0 Å². The first kappa shape index (κ1) is 14.2. The summed E-state index contributed by atoms with van der Waals surface area (Å²) >= 11 is 1.97. The molecule has 0 bridgehead atoms. The Hall–Kier alpha value is -0.220. The van der Waals surface area contributed by atoms with Crippen molar-refractivity contribution in [2.24, 2.45) is 5.92 Å². The minimum atomic E-state index is 0.281. The van der Waals surface area contributed by atoms with Gasteiger partial charge >= 0.3 is 0 Å². The summed E-state index contributed by atoms with van der Waals surface area (Å²) in [6, 6.07) is 0.474. The van der Waals surface area contributed by atoms with Crippen molar-refractivity contribution in [2.75, 3.05) is 12.8 Å². The number of hydrogen-bond acceptors (Lipinski definition) is 3. The number of hydrogen-bond donors (Lipinski definition) is 1. The monoisotopic (exact) mass is 270 g/mol. The zero-order valence-electron chi connectivity index (χ0n) is 11.8. The van der Waals surface area contributed by atoms with E-state index in [4.69, 9.17) is 0 Å². The summed E-state index contributed by atoms with van der Waals surface area (Å²) in [6.45, 7) is 5.00. The van der Waals surface area contributed by atoms with Crippen molar-refractivity contribution in [1.29, 1.82) is 0 Å². The van der Waals surface area contributed by atoms with Crippen LogP contribution >= 0.6 is 11.8 Å². The van der Waals surface area contributed by atoms with Gasteiger partial charge in [0.05, 0.1) is 12.7 Å². The number of carbonyl (C=O) groups excluding carboxylic acids is 1. The number of carbonyl (C=O) groups is 1. The van der Waals surface area contributed by atoms with Crippen molar-refractivity contribution in [3.8, 4) is 0 Å². The molecule has 104 valence electrons. The highest BCUT2D eigenvalue weighted by Crippen LogP contribution is 2.32. The summed E-state index contributed by atoms with van der Waals surface area (Å²) in [5.74, 6) is 0.947. The fourth-order valence-electron chi connectivity index (χ4n) is 3.26. The van der Waals surface area contributed by atoms with Crippen LogP contribution < -0.4 is 5.32 Å². The first-order valence-electron chi connectivity index (χ1n) is 7.19. The van der Waals surface area contributed by atoms with E-state index < -0.39 is 0 Å². The number of nitrogens with one attached hydrogen (secondary N) is 1. The highest BCUT2D eigenvalue weighted by atomic mass is 32.2. The molecule has 3 nitrogen and oxygen atoms in total. The van der Waals surface area contributed by atoms with Crippen LogP contribution in [0.1, 0.15) is 46.0 Å². The van der Waals surface area contributed by atoms with E-state index in [-0.39, 0.29) is 6.17 Å². The minimum Gasteiger partial charge on any atom is -0.323 e. The Balaban J connectivity index is 2.01. The molecule has 0 aromatic carbocycles. The van der Waals surface area contributed by atoms with Crippen molar-refractivity contribution < 1.29 is 4.79 Å². The highest BCUT2D eigenvalue weighted by Gasteiger charge is 2.37. The van der Waals surface area contributed by atoms with Gasteiger partial charge in [0.1, 0.15) is 0 Å². The topological polar surface area (TPSA) is 32.3 Å². The summed E-state index contributed by atoms with van der Waals surface area (Å²) in [5, 5.41) is 4.13. The molecular weight excluding hydrogens is 244 g/mol.